The average Bonchev–Trinajstić information content (AvgIpc) is 2.68. The normalized spacial score (nSPS) is 36.0. The molecule has 0 bridgehead atoms. The van der Waals surface area contributed by atoms with E-state index >= 15 is 0 Å². The van der Waals surface area contributed by atoms with E-state index in [1.165, 1.54) is 45.2 Å². The molecule has 2 fully saturated rings. The standard InChI is InChI=1S/C14H28N2O/c1-2-4-13-5-8-16(11-13)14(12-15)6-3-9-17-10-7-14/h13H,2-12,15H2,1H3. The molecule has 3 heteroatoms. The van der Waals surface area contributed by atoms with Crippen LogP contribution >= 0.6 is 0 Å². The van der Waals surface area contributed by atoms with E-state index in [2.05, 4.69) is 11.8 Å². The topological polar surface area (TPSA) is 38.5 Å². The zero-order valence-corrected chi connectivity index (χ0v) is 11.3. The lowest BCUT2D eigenvalue weighted by molar-refractivity contribution is 0.0841. The summed E-state index contributed by atoms with van der Waals surface area (Å²) in [5.41, 5.74) is 6.36. The fourth-order valence-electron chi connectivity index (χ4n) is 3.55. The Morgan fingerprint density at radius 1 is 1.35 bits per heavy atom. The van der Waals surface area contributed by atoms with E-state index in [1.54, 1.807) is 0 Å². The Kier molecular flexibility index (Phi) is 4.83. The first-order valence-corrected chi connectivity index (χ1v) is 7.33. The van der Waals surface area contributed by atoms with Crippen LogP contribution in [0.2, 0.25) is 0 Å². The third kappa shape index (κ3) is 3.01. The van der Waals surface area contributed by atoms with E-state index in [0.717, 1.165) is 32.1 Å². The summed E-state index contributed by atoms with van der Waals surface area (Å²) in [4.78, 5) is 2.68. The molecule has 0 spiro atoms. The van der Waals surface area contributed by atoms with Crippen molar-refractivity contribution in [3.63, 3.8) is 0 Å². The molecule has 100 valence electrons. The summed E-state index contributed by atoms with van der Waals surface area (Å²) in [6.07, 6.45) is 7.60. The number of hydrogen-bond acceptors (Lipinski definition) is 3. The van der Waals surface area contributed by atoms with Crippen molar-refractivity contribution in [3.8, 4) is 0 Å². The van der Waals surface area contributed by atoms with E-state index in [4.69, 9.17) is 10.5 Å². The van der Waals surface area contributed by atoms with Crippen molar-refractivity contribution in [2.24, 2.45) is 11.7 Å². The molecule has 3 nitrogen and oxygen atoms in total. The zero-order valence-electron chi connectivity index (χ0n) is 11.3. The van der Waals surface area contributed by atoms with Gasteiger partial charge in [-0.25, -0.2) is 0 Å². The molecule has 2 N–H and O–H groups in total. The molecule has 0 aromatic rings. The van der Waals surface area contributed by atoms with Crippen LogP contribution in [0.5, 0.6) is 0 Å². The van der Waals surface area contributed by atoms with Crippen molar-refractivity contribution in [2.45, 2.75) is 51.0 Å². The summed E-state index contributed by atoms with van der Waals surface area (Å²) in [5.74, 6) is 0.910. The lowest BCUT2D eigenvalue weighted by Crippen LogP contribution is -2.53. The molecule has 2 aliphatic rings. The van der Waals surface area contributed by atoms with Crippen molar-refractivity contribution < 1.29 is 4.74 Å². The maximum absolute atomic E-state index is 6.11. The fourth-order valence-corrected chi connectivity index (χ4v) is 3.55. The largest absolute Gasteiger partial charge is 0.381 e. The van der Waals surface area contributed by atoms with Gasteiger partial charge in [-0.2, -0.15) is 0 Å². The summed E-state index contributed by atoms with van der Waals surface area (Å²) < 4.78 is 5.60. The summed E-state index contributed by atoms with van der Waals surface area (Å²) in [7, 11) is 0. The highest BCUT2D eigenvalue weighted by Gasteiger charge is 2.39. The van der Waals surface area contributed by atoms with Gasteiger partial charge in [-0.15, -0.1) is 0 Å². The highest BCUT2D eigenvalue weighted by atomic mass is 16.5. The zero-order chi connectivity index (χ0) is 12.1. The van der Waals surface area contributed by atoms with E-state index in [0.29, 0.717) is 0 Å². The molecule has 0 radical (unpaired) electrons. The number of hydrogen-bond donors (Lipinski definition) is 1. The molecule has 2 heterocycles. The summed E-state index contributed by atoms with van der Waals surface area (Å²) >= 11 is 0. The number of ether oxygens (including phenoxy) is 1. The summed E-state index contributed by atoms with van der Waals surface area (Å²) in [5, 5.41) is 0. The molecular formula is C14H28N2O. The van der Waals surface area contributed by atoms with Crippen LogP contribution in [0.3, 0.4) is 0 Å². The van der Waals surface area contributed by atoms with Crippen LogP contribution in [0.1, 0.15) is 45.4 Å². The lowest BCUT2D eigenvalue weighted by atomic mass is 9.88. The predicted molar refractivity (Wildman–Crippen MR) is 71.0 cm³/mol. The van der Waals surface area contributed by atoms with Gasteiger partial charge < -0.3 is 10.5 Å². The van der Waals surface area contributed by atoms with Gasteiger partial charge in [0.15, 0.2) is 0 Å². The molecule has 0 aromatic heterocycles. The van der Waals surface area contributed by atoms with Gasteiger partial charge >= 0.3 is 0 Å². The maximum Gasteiger partial charge on any atom is 0.0484 e. The second-order valence-electron chi connectivity index (χ2n) is 5.78. The van der Waals surface area contributed by atoms with Gasteiger partial charge in [-0.1, -0.05) is 13.3 Å². The Morgan fingerprint density at radius 3 is 3.00 bits per heavy atom. The second-order valence-corrected chi connectivity index (χ2v) is 5.78. The van der Waals surface area contributed by atoms with Gasteiger partial charge in [0.2, 0.25) is 0 Å². The molecular weight excluding hydrogens is 212 g/mol. The first-order chi connectivity index (χ1) is 8.30. The van der Waals surface area contributed by atoms with Crippen LogP contribution in [0.4, 0.5) is 0 Å². The first-order valence-electron chi connectivity index (χ1n) is 7.33. The molecule has 2 unspecified atom stereocenters. The van der Waals surface area contributed by atoms with Crippen LogP contribution < -0.4 is 5.73 Å². The highest BCUT2D eigenvalue weighted by Crippen LogP contribution is 2.33. The minimum atomic E-state index is 0.249. The average molecular weight is 240 g/mol. The Morgan fingerprint density at radius 2 is 2.24 bits per heavy atom. The van der Waals surface area contributed by atoms with Gasteiger partial charge in [0, 0.05) is 31.8 Å². The van der Waals surface area contributed by atoms with E-state index in [9.17, 15) is 0 Å². The van der Waals surface area contributed by atoms with Crippen LogP contribution in [0.15, 0.2) is 0 Å². The molecule has 2 aliphatic heterocycles. The molecule has 0 aliphatic carbocycles. The van der Waals surface area contributed by atoms with Crippen molar-refractivity contribution in [2.75, 3.05) is 32.8 Å². The third-order valence-electron chi connectivity index (χ3n) is 4.68. The van der Waals surface area contributed by atoms with E-state index < -0.39 is 0 Å². The molecule has 2 atom stereocenters. The van der Waals surface area contributed by atoms with Crippen molar-refractivity contribution in [3.05, 3.63) is 0 Å². The van der Waals surface area contributed by atoms with Gasteiger partial charge in [0.05, 0.1) is 0 Å². The van der Waals surface area contributed by atoms with Gasteiger partial charge in [0.1, 0.15) is 0 Å². The molecule has 0 saturated carbocycles. The summed E-state index contributed by atoms with van der Waals surface area (Å²) in [6, 6.07) is 0. The van der Waals surface area contributed by atoms with Gasteiger partial charge in [0.25, 0.3) is 0 Å². The maximum atomic E-state index is 6.11. The minimum absolute atomic E-state index is 0.249. The summed E-state index contributed by atoms with van der Waals surface area (Å²) in [6.45, 7) is 7.43. The fraction of sp³-hybridized carbons (Fsp3) is 1.00. The third-order valence-corrected chi connectivity index (χ3v) is 4.68. The molecule has 0 amide bonds. The Labute approximate surface area is 106 Å². The molecule has 17 heavy (non-hydrogen) atoms. The quantitative estimate of drug-likeness (QED) is 0.817. The molecule has 2 rings (SSSR count). The minimum Gasteiger partial charge on any atom is -0.381 e. The van der Waals surface area contributed by atoms with Crippen LogP contribution in [0, 0.1) is 5.92 Å². The Balaban J connectivity index is 1.97. The van der Waals surface area contributed by atoms with Crippen LogP contribution in [0.25, 0.3) is 0 Å². The first kappa shape index (κ1) is 13.3. The number of likely N-dealkylation sites (tertiary alicyclic amines) is 1. The van der Waals surface area contributed by atoms with Crippen LogP contribution in [-0.4, -0.2) is 43.3 Å². The predicted octanol–water partition coefficient (Wildman–Crippen LogP) is 2.01. The Hall–Kier alpha value is -0.120. The molecule has 2 saturated heterocycles. The lowest BCUT2D eigenvalue weighted by Gasteiger charge is -2.40. The number of rotatable bonds is 4. The second kappa shape index (κ2) is 6.17. The van der Waals surface area contributed by atoms with Crippen molar-refractivity contribution in [1.82, 2.24) is 4.90 Å². The van der Waals surface area contributed by atoms with Crippen molar-refractivity contribution in [1.29, 1.82) is 0 Å². The number of nitrogens with two attached hydrogens (primary N) is 1. The number of nitrogens with zero attached hydrogens (tertiary/aromatic N) is 1. The SMILES string of the molecule is CCCC1CCN(C2(CN)CCCOCC2)C1. The smallest absolute Gasteiger partial charge is 0.0484 e. The van der Waals surface area contributed by atoms with E-state index in [1.807, 2.05) is 0 Å². The van der Waals surface area contributed by atoms with E-state index in [-0.39, 0.29) is 5.54 Å². The molecule has 0 aromatic carbocycles. The monoisotopic (exact) mass is 240 g/mol. The van der Waals surface area contributed by atoms with Gasteiger partial charge in [-0.3, -0.25) is 4.90 Å². The van der Waals surface area contributed by atoms with Crippen molar-refractivity contribution >= 4 is 0 Å². The van der Waals surface area contributed by atoms with Gasteiger partial charge in [-0.05, 0) is 44.6 Å². The highest BCUT2D eigenvalue weighted by molar-refractivity contribution is 4.96. The van der Waals surface area contributed by atoms with Crippen LogP contribution in [-0.2, 0) is 4.74 Å². The Bertz CT molecular complexity index is 224.